The van der Waals surface area contributed by atoms with E-state index < -0.39 is 0 Å². The molecule has 2 nitrogen and oxygen atoms in total. The smallest absolute Gasteiger partial charge is 0.123 e. The Labute approximate surface area is 96.0 Å². The number of rotatable bonds is 3. The van der Waals surface area contributed by atoms with Crippen LogP contribution in [0, 0.1) is 5.82 Å². The van der Waals surface area contributed by atoms with Crippen LogP contribution in [0.1, 0.15) is 32.1 Å². The fourth-order valence-electron chi connectivity index (χ4n) is 2.45. The Bertz CT molecular complexity index is 328. The molecule has 0 spiro atoms. The number of nitrogens with one attached hydrogen (secondary N) is 1. The second-order valence-electron chi connectivity index (χ2n) is 4.68. The lowest BCUT2D eigenvalue weighted by Gasteiger charge is -2.38. The van der Waals surface area contributed by atoms with Gasteiger partial charge in [-0.25, -0.2) is 4.39 Å². The maximum Gasteiger partial charge on any atom is 0.123 e. The minimum Gasteiger partial charge on any atom is -0.378 e. The highest BCUT2D eigenvalue weighted by molar-refractivity contribution is 5.45. The lowest BCUT2D eigenvalue weighted by molar-refractivity contribution is 0.331. The largest absolute Gasteiger partial charge is 0.378 e. The van der Waals surface area contributed by atoms with Crippen molar-refractivity contribution in [2.75, 3.05) is 11.9 Å². The number of hydrogen-bond donors (Lipinski definition) is 2. The summed E-state index contributed by atoms with van der Waals surface area (Å²) in [6.07, 6.45) is 5.98. The highest BCUT2D eigenvalue weighted by Gasteiger charge is 2.30. The third kappa shape index (κ3) is 2.53. The van der Waals surface area contributed by atoms with Gasteiger partial charge in [0.25, 0.3) is 0 Å². The normalized spacial score (nSPS) is 19.4. The van der Waals surface area contributed by atoms with E-state index in [1.54, 1.807) is 12.1 Å². The first-order chi connectivity index (χ1) is 7.74. The van der Waals surface area contributed by atoms with Crippen LogP contribution < -0.4 is 11.1 Å². The summed E-state index contributed by atoms with van der Waals surface area (Å²) in [5.41, 5.74) is 6.87. The van der Waals surface area contributed by atoms with Gasteiger partial charge in [0.15, 0.2) is 0 Å². The molecule has 1 aromatic carbocycles. The van der Waals surface area contributed by atoms with Gasteiger partial charge in [-0.2, -0.15) is 0 Å². The van der Waals surface area contributed by atoms with Gasteiger partial charge in [0.1, 0.15) is 5.82 Å². The van der Waals surface area contributed by atoms with Gasteiger partial charge in [-0.05, 0) is 37.1 Å². The van der Waals surface area contributed by atoms with E-state index in [2.05, 4.69) is 5.32 Å². The first-order valence-electron chi connectivity index (χ1n) is 5.98. The molecule has 0 aliphatic heterocycles. The number of halogens is 1. The first-order valence-corrected chi connectivity index (χ1v) is 5.98. The number of benzene rings is 1. The summed E-state index contributed by atoms with van der Waals surface area (Å²) < 4.78 is 12.8. The fourth-order valence-corrected chi connectivity index (χ4v) is 2.45. The molecule has 1 aliphatic carbocycles. The molecule has 88 valence electrons. The van der Waals surface area contributed by atoms with Crippen molar-refractivity contribution in [1.82, 2.24) is 0 Å². The van der Waals surface area contributed by atoms with Crippen LogP contribution in [0.3, 0.4) is 0 Å². The summed E-state index contributed by atoms with van der Waals surface area (Å²) >= 11 is 0. The van der Waals surface area contributed by atoms with Gasteiger partial charge in [-0.3, -0.25) is 0 Å². The SMILES string of the molecule is NCC1(Nc2ccc(F)cc2)CCCCC1. The van der Waals surface area contributed by atoms with Gasteiger partial charge in [0, 0.05) is 17.8 Å². The third-order valence-corrected chi connectivity index (χ3v) is 3.46. The summed E-state index contributed by atoms with van der Waals surface area (Å²) in [4.78, 5) is 0. The van der Waals surface area contributed by atoms with Crippen molar-refractivity contribution in [3.63, 3.8) is 0 Å². The van der Waals surface area contributed by atoms with Crippen molar-refractivity contribution in [2.24, 2.45) is 5.73 Å². The molecule has 0 bridgehead atoms. The van der Waals surface area contributed by atoms with Crippen molar-refractivity contribution < 1.29 is 4.39 Å². The monoisotopic (exact) mass is 222 g/mol. The zero-order valence-electron chi connectivity index (χ0n) is 9.51. The number of anilines is 1. The second-order valence-corrected chi connectivity index (χ2v) is 4.68. The van der Waals surface area contributed by atoms with Crippen molar-refractivity contribution >= 4 is 5.69 Å². The number of nitrogens with two attached hydrogens (primary N) is 1. The Hall–Kier alpha value is -1.09. The quantitative estimate of drug-likeness (QED) is 0.825. The van der Waals surface area contributed by atoms with Gasteiger partial charge in [-0.15, -0.1) is 0 Å². The minimum atomic E-state index is -0.198. The van der Waals surface area contributed by atoms with E-state index >= 15 is 0 Å². The molecule has 1 saturated carbocycles. The maximum absolute atomic E-state index is 12.8. The van der Waals surface area contributed by atoms with Crippen molar-refractivity contribution in [3.05, 3.63) is 30.1 Å². The van der Waals surface area contributed by atoms with Crippen LogP contribution in [0.15, 0.2) is 24.3 Å². The summed E-state index contributed by atoms with van der Waals surface area (Å²) in [7, 11) is 0. The molecule has 0 radical (unpaired) electrons. The average Bonchev–Trinajstić information content (AvgIpc) is 2.33. The highest BCUT2D eigenvalue weighted by Crippen LogP contribution is 2.30. The van der Waals surface area contributed by atoms with Crippen molar-refractivity contribution in [1.29, 1.82) is 0 Å². The van der Waals surface area contributed by atoms with Crippen molar-refractivity contribution in [3.8, 4) is 0 Å². The zero-order chi connectivity index (χ0) is 11.4. The summed E-state index contributed by atoms with van der Waals surface area (Å²) in [6.45, 7) is 0.643. The van der Waals surface area contributed by atoms with Gasteiger partial charge in [0.05, 0.1) is 0 Å². The van der Waals surface area contributed by atoms with Gasteiger partial charge >= 0.3 is 0 Å². The van der Waals surface area contributed by atoms with Crippen LogP contribution in [-0.2, 0) is 0 Å². The minimum absolute atomic E-state index is 0.0239. The van der Waals surface area contributed by atoms with Crippen LogP contribution in [0.25, 0.3) is 0 Å². The molecule has 2 rings (SSSR count). The summed E-state index contributed by atoms with van der Waals surface area (Å²) in [6, 6.07) is 6.52. The standard InChI is InChI=1S/C13H19FN2/c14-11-4-6-12(7-5-11)16-13(10-15)8-2-1-3-9-13/h4-7,16H,1-3,8-10,15H2. The molecule has 1 aromatic rings. The Morgan fingerprint density at radius 3 is 2.31 bits per heavy atom. The van der Waals surface area contributed by atoms with E-state index in [1.165, 1.54) is 31.4 Å². The van der Waals surface area contributed by atoms with E-state index in [1.807, 2.05) is 0 Å². The molecule has 0 aromatic heterocycles. The van der Waals surface area contributed by atoms with Crippen molar-refractivity contribution in [2.45, 2.75) is 37.6 Å². The fraction of sp³-hybridized carbons (Fsp3) is 0.538. The Kier molecular flexibility index (Phi) is 3.44. The van der Waals surface area contributed by atoms with E-state index in [0.717, 1.165) is 18.5 Å². The maximum atomic E-state index is 12.8. The average molecular weight is 222 g/mol. The molecule has 16 heavy (non-hydrogen) atoms. The van der Waals surface area contributed by atoms with Gasteiger partial charge < -0.3 is 11.1 Å². The summed E-state index contributed by atoms with van der Waals surface area (Å²) in [5.74, 6) is -0.198. The molecule has 0 heterocycles. The van der Waals surface area contributed by atoms with E-state index in [-0.39, 0.29) is 11.4 Å². The third-order valence-electron chi connectivity index (χ3n) is 3.46. The molecular formula is C13H19FN2. The lowest BCUT2D eigenvalue weighted by atomic mass is 9.81. The topological polar surface area (TPSA) is 38.0 Å². The molecular weight excluding hydrogens is 203 g/mol. The van der Waals surface area contributed by atoms with Gasteiger partial charge in [-0.1, -0.05) is 19.3 Å². The Balaban J connectivity index is 2.08. The summed E-state index contributed by atoms with van der Waals surface area (Å²) in [5, 5.41) is 3.48. The molecule has 0 amide bonds. The van der Waals surface area contributed by atoms with Crippen LogP contribution in [0.5, 0.6) is 0 Å². The highest BCUT2D eigenvalue weighted by atomic mass is 19.1. The van der Waals surface area contributed by atoms with E-state index in [9.17, 15) is 4.39 Å². The van der Waals surface area contributed by atoms with Crippen LogP contribution in [-0.4, -0.2) is 12.1 Å². The molecule has 1 aliphatic rings. The second kappa shape index (κ2) is 4.83. The Morgan fingerprint density at radius 1 is 1.12 bits per heavy atom. The molecule has 0 atom stereocenters. The van der Waals surface area contributed by atoms with E-state index in [0.29, 0.717) is 6.54 Å². The predicted octanol–water partition coefficient (Wildman–Crippen LogP) is 2.90. The molecule has 0 saturated heterocycles. The predicted molar refractivity (Wildman–Crippen MR) is 64.9 cm³/mol. The van der Waals surface area contributed by atoms with Crippen LogP contribution in [0.4, 0.5) is 10.1 Å². The number of hydrogen-bond acceptors (Lipinski definition) is 2. The van der Waals surface area contributed by atoms with Gasteiger partial charge in [0.2, 0.25) is 0 Å². The molecule has 0 unspecified atom stereocenters. The zero-order valence-corrected chi connectivity index (χ0v) is 9.51. The molecule has 3 heteroatoms. The van der Waals surface area contributed by atoms with Crippen LogP contribution in [0.2, 0.25) is 0 Å². The first kappa shape index (κ1) is 11.4. The Morgan fingerprint density at radius 2 is 1.75 bits per heavy atom. The molecule has 3 N–H and O–H groups in total. The molecule has 1 fully saturated rings. The van der Waals surface area contributed by atoms with E-state index in [4.69, 9.17) is 5.73 Å². The van der Waals surface area contributed by atoms with Crippen LogP contribution >= 0.6 is 0 Å². The lowest BCUT2D eigenvalue weighted by Crippen LogP contribution is -2.46.